The normalized spacial score (nSPS) is 21.8. The molecule has 0 spiro atoms. The zero-order chi connectivity index (χ0) is 18.4. The zero-order valence-corrected chi connectivity index (χ0v) is 15.6. The number of nitrogens with zero attached hydrogens (tertiary/aromatic N) is 5. The van der Waals surface area contributed by atoms with E-state index in [-0.39, 0.29) is 5.56 Å². The molecule has 8 heteroatoms. The van der Waals surface area contributed by atoms with Gasteiger partial charge in [-0.25, -0.2) is 9.97 Å². The molecule has 0 unspecified atom stereocenters. The minimum absolute atomic E-state index is 0.0466. The maximum Gasteiger partial charge on any atom is 0.251 e. The fraction of sp³-hybridized carbons (Fsp3) is 0.368. The molecule has 2 aliphatic rings. The van der Waals surface area contributed by atoms with Gasteiger partial charge in [-0.1, -0.05) is 0 Å². The zero-order valence-electron chi connectivity index (χ0n) is 14.8. The van der Waals surface area contributed by atoms with Crippen molar-refractivity contribution in [3.05, 3.63) is 57.2 Å². The Morgan fingerprint density at radius 2 is 2.11 bits per heavy atom. The number of likely N-dealkylation sites (tertiary alicyclic amines) is 1. The number of anilines is 1. The van der Waals surface area contributed by atoms with Crippen LogP contribution in [0.3, 0.4) is 0 Å². The summed E-state index contributed by atoms with van der Waals surface area (Å²) in [6.45, 7) is 3.72. The third kappa shape index (κ3) is 3.15. The molecule has 1 saturated heterocycles. The van der Waals surface area contributed by atoms with Crippen LogP contribution in [0, 0.1) is 5.92 Å². The average molecular weight is 380 g/mol. The van der Waals surface area contributed by atoms with Crippen molar-refractivity contribution in [1.82, 2.24) is 24.4 Å². The first-order valence-electron chi connectivity index (χ1n) is 9.08. The number of hydrogen-bond acceptors (Lipinski definition) is 7. The van der Waals surface area contributed by atoms with Crippen LogP contribution in [0.5, 0.6) is 0 Å². The molecule has 2 N–H and O–H groups in total. The van der Waals surface area contributed by atoms with Crippen LogP contribution in [0.15, 0.2) is 41.0 Å². The Hall–Kier alpha value is -2.58. The van der Waals surface area contributed by atoms with E-state index in [1.54, 1.807) is 23.5 Å². The molecule has 138 valence electrons. The minimum Gasteiger partial charge on any atom is -0.384 e. The number of hydrogen-bond donors (Lipinski definition) is 1. The molecule has 7 nitrogen and oxygen atoms in total. The summed E-state index contributed by atoms with van der Waals surface area (Å²) in [5.41, 5.74) is 10.3. The van der Waals surface area contributed by atoms with Crippen molar-refractivity contribution in [2.45, 2.75) is 25.4 Å². The first-order valence-corrected chi connectivity index (χ1v) is 9.96. The fourth-order valence-electron chi connectivity index (χ4n) is 4.41. The van der Waals surface area contributed by atoms with Crippen molar-refractivity contribution in [2.24, 2.45) is 5.92 Å². The quantitative estimate of drug-likeness (QED) is 0.747. The van der Waals surface area contributed by atoms with E-state index in [0.29, 0.717) is 23.3 Å². The fourth-order valence-corrected chi connectivity index (χ4v) is 5.04. The summed E-state index contributed by atoms with van der Waals surface area (Å²) < 4.78 is 1.96. The summed E-state index contributed by atoms with van der Waals surface area (Å²) in [6.07, 6.45) is 4.52. The number of piperidine rings is 1. The molecule has 3 aromatic rings. The second-order valence-corrected chi connectivity index (χ2v) is 8.38. The summed E-state index contributed by atoms with van der Waals surface area (Å²) in [7, 11) is 0. The topological polar surface area (TPSA) is 89.9 Å². The Bertz CT molecular complexity index is 1030. The maximum atomic E-state index is 12.8. The van der Waals surface area contributed by atoms with E-state index in [0.717, 1.165) is 43.9 Å². The van der Waals surface area contributed by atoms with Crippen molar-refractivity contribution in [1.29, 1.82) is 0 Å². The number of nitrogen functional groups attached to an aromatic ring is 1. The van der Waals surface area contributed by atoms with Crippen molar-refractivity contribution < 1.29 is 0 Å². The van der Waals surface area contributed by atoms with Crippen LogP contribution in [0.2, 0.25) is 0 Å². The molecule has 2 aliphatic heterocycles. The number of thiazole rings is 1. The van der Waals surface area contributed by atoms with Crippen molar-refractivity contribution in [3.63, 3.8) is 0 Å². The molecule has 5 heterocycles. The van der Waals surface area contributed by atoms with Gasteiger partial charge in [-0.15, -0.1) is 11.3 Å². The van der Waals surface area contributed by atoms with Gasteiger partial charge in [0.15, 0.2) is 0 Å². The second-order valence-electron chi connectivity index (χ2n) is 7.41. The second kappa shape index (κ2) is 6.54. The summed E-state index contributed by atoms with van der Waals surface area (Å²) in [6, 6.07) is 5.50. The van der Waals surface area contributed by atoms with Gasteiger partial charge in [-0.05, 0) is 18.4 Å². The standard InChI is InChI=1S/C19H20N6OS/c20-18-4-16(22-10-23-18)13-2-17-14-1-12(7-25(17)19(26)3-13)6-24(8-14)9-15-5-21-11-27-15/h2-5,10-12,14H,1,6-9H2,(H2,20,22,23)/t12-,14+/m0/s1. The van der Waals surface area contributed by atoms with E-state index in [9.17, 15) is 4.79 Å². The van der Waals surface area contributed by atoms with Crippen LogP contribution >= 0.6 is 11.3 Å². The largest absolute Gasteiger partial charge is 0.384 e. The van der Waals surface area contributed by atoms with Crippen LogP contribution in [0.25, 0.3) is 11.3 Å². The third-order valence-electron chi connectivity index (χ3n) is 5.48. The molecule has 5 rings (SSSR count). The monoisotopic (exact) mass is 380 g/mol. The summed E-state index contributed by atoms with van der Waals surface area (Å²) in [5, 5.41) is 0. The number of nitrogens with two attached hydrogens (primary N) is 1. The average Bonchev–Trinajstić information content (AvgIpc) is 3.15. The lowest BCUT2D eigenvalue weighted by atomic mass is 9.82. The van der Waals surface area contributed by atoms with E-state index in [1.165, 1.54) is 11.2 Å². The lowest BCUT2D eigenvalue weighted by molar-refractivity contribution is 0.115. The van der Waals surface area contributed by atoms with Gasteiger partial charge in [-0.3, -0.25) is 14.7 Å². The highest BCUT2D eigenvalue weighted by molar-refractivity contribution is 7.09. The molecule has 0 amide bonds. The summed E-state index contributed by atoms with van der Waals surface area (Å²) in [5.74, 6) is 1.28. The molecule has 2 bridgehead atoms. The molecule has 0 radical (unpaired) electrons. The molecule has 1 fully saturated rings. The molecule has 0 aliphatic carbocycles. The Kier molecular flexibility index (Phi) is 4.02. The Morgan fingerprint density at radius 3 is 2.93 bits per heavy atom. The van der Waals surface area contributed by atoms with Gasteiger partial charge in [-0.2, -0.15) is 0 Å². The summed E-state index contributed by atoms with van der Waals surface area (Å²) in [4.78, 5) is 29.0. The predicted molar refractivity (Wildman–Crippen MR) is 104 cm³/mol. The first kappa shape index (κ1) is 16.6. The first-order chi connectivity index (χ1) is 13.2. The number of rotatable bonds is 3. The van der Waals surface area contributed by atoms with Gasteiger partial charge >= 0.3 is 0 Å². The Labute approximate surface area is 160 Å². The van der Waals surface area contributed by atoms with Crippen molar-refractivity contribution in [3.8, 4) is 11.3 Å². The van der Waals surface area contributed by atoms with Gasteiger partial charge in [0.05, 0.1) is 11.2 Å². The lowest BCUT2D eigenvalue weighted by Crippen LogP contribution is -2.46. The SMILES string of the molecule is Nc1cc(-c2cc3n(c(=O)c2)C[C@H]2C[C@@H]3CN(Cc3cncs3)C2)ncn1. The summed E-state index contributed by atoms with van der Waals surface area (Å²) >= 11 is 1.70. The Morgan fingerprint density at radius 1 is 1.19 bits per heavy atom. The maximum absolute atomic E-state index is 12.8. The molecule has 3 aromatic heterocycles. The van der Waals surface area contributed by atoms with Crippen LogP contribution in [-0.4, -0.2) is 37.5 Å². The van der Waals surface area contributed by atoms with E-state index in [1.807, 2.05) is 16.3 Å². The van der Waals surface area contributed by atoms with E-state index in [4.69, 9.17) is 5.73 Å². The molecular weight excluding hydrogens is 360 g/mol. The van der Waals surface area contributed by atoms with Crippen molar-refractivity contribution >= 4 is 17.2 Å². The highest BCUT2D eigenvalue weighted by atomic mass is 32.1. The highest BCUT2D eigenvalue weighted by Gasteiger charge is 2.35. The molecule has 0 aromatic carbocycles. The van der Waals surface area contributed by atoms with Gasteiger partial charge in [0.1, 0.15) is 12.1 Å². The van der Waals surface area contributed by atoms with E-state index in [2.05, 4.69) is 25.9 Å². The third-order valence-corrected chi connectivity index (χ3v) is 6.24. The minimum atomic E-state index is 0.0466. The molecule has 2 atom stereocenters. The lowest BCUT2D eigenvalue weighted by Gasteiger charge is -2.42. The van der Waals surface area contributed by atoms with Crippen LogP contribution in [0.1, 0.15) is 22.9 Å². The number of aromatic nitrogens is 4. The molecule has 0 saturated carbocycles. The Balaban J connectivity index is 1.49. The van der Waals surface area contributed by atoms with E-state index >= 15 is 0 Å². The predicted octanol–water partition coefficient (Wildman–Crippen LogP) is 1.96. The van der Waals surface area contributed by atoms with Gasteiger partial charge < -0.3 is 10.3 Å². The molecular formula is C19H20N6OS. The van der Waals surface area contributed by atoms with Gasteiger partial charge in [0, 0.05) is 66.6 Å². The van der Waals surface area contributed by atoms with Gasteiger partial charge in [0.25, 0.3) is 5.56 Å². The smallest absolute Gasteiger partial charge is 0.251 e. The highest BCUT2D eigenvalue weighted by Crippen LogP contribution is 2.37. The van der Waals surface area contributed by atoms with Gasteiger partial charge in [0.2, 0.25) is 0 Å². The van der Waals surface area contributed by atoms with Crippen LogP contribution < -0.4 is 11.3 Å². The molecule has 27 heavy (non-hydrogen) atoms. The number of pyridine rings is 1. The van der Waals surface area contributed by atoms with Crippen LogP contribution in [-0.2, 0) is 13.1 Å². The van der Waals surface area contributed by atoms with Crippen molar-refractivity contribution in [2.75, 3.05) is 18.8 Å². The van der Waals surface area contributed by atoms with E-state index < -0.39 is 0 Å². The number of fused-ring (bicyclic) bond motifs is 4. The van der Waals surface area contributed by atoms with Crippen LogP contribution in [0.4, 0.5) is 5.82 Å².